The zero-order valence-electron chi connectivity index (χ0n) is 15.0. The number of nitrogens with one attached hydrogen (secondary N) is 2. The van der Waals surface area contributed by atoms with Gasteiger partial charge in [-0.3, -0.25) is 19.2 Å². The molecule has 0 aromatic rings. The van der Waals surface area contributed by atoms with Gasteiger partial charge in [-0.25, -0.2) is 0 Å². The first-order chi connectivity index (χ1) is 12.3. The predicted octanol–water partition coefficient (Wildman–Crippen LogP) is 1.38. The minimum absolute atomic E-state index is 0.0854. The molecule has 0 aromatic heterocycles. The highest BCUT2D eigenvalue weighted by Crippen LogP contribution is 2.29. The lowest BCUT2D eigenvalue weighted by atomic mass is 10.1. The van der Waals surface area contributed by atoms with Crippen LogP contribution in [0.1, 0.15) is 58.3 Å². The Labute approximate surface area is 157 Å². The first-order valence-corrected chi connectivity index (χ1v) is 10.0. The van der Waals surface area contributed by atoms with Gasteiger partial charge in [0.25, 0.3) is 0 Å². The van der Waals surface area contributed by atoms with Crippen LogP contribution in [0.25, 0.3) is 0 Å². The molecule has 0 aliphatic carbocycles. The van der Waals surface area contributed by atoms with Crippen LogP contribution in [-0.4, -0.2) is 57.1 Å². The minimum Gasteiger partial charge on any atom is -0.481 e. The fraction of sp³-hybridized carbons (Fsp3) is 0.765. The molecule has 1 aliphatic rings. The van der Waals surface area contributed by atoms with E-state index in [9.17, 15) is 19.2 Å². The zero-order chi connectivity index (χ0) is 19.5. The number of amides is 2. The Morgan fingerprint density at radius 3 is 2.42 bits per heavy atom. The third kappa shape index (κ3) is 9.07. The molecule has 1 saturated heterocycles. The average Bonchev–Trinajstić information content (AvgIpc) is 3.08. The van der Waals surface area contributed by atoms with Crippen molar-refractivity contribution in [3.63, 3.8) is 0 Å². The number of carboxylic acid groups (broad SMARTS) is 2. The molecule has 9 heteroatoms. The van der Waals surface area contributed by atoms with Crippen LogP contribution in [-0.2, 0) is 19.2 Å². The van der Waals surface area contributed by atoms with E-state index >= 15 is 0 Å². The van der Waals surface area contributed by atoms with E-state index in [1.807, 2.05) is 11.8 Å². The van der Waals surface area contributed by atoms with Crippen LogP contribution >= 0.6 is 11.8 Å². The van der Waals surface area contributed by atoms with Crippen molar-refractivity contribution in [1.82, 2.24) is 10.6 Å². The van der Waals surface area contributed by atoms with E-state index in [2.05, 4.69) is 10.6 Å². The molecule has 26 heavy (non-hydrogen) atoms. The molecule has 148 valence electrons. The second-order valence-corrected chi connectivity index (χ2v) is 7.91. The van der Waals surface area contributed by atoms with Gasteiger partial charge in [-0.15, -0.1) is 0 Å². The van der Waals surface area contributed by atoms with E-state index in [1.165, 1.54) is 25.5 Å². The number of hydrogen-bond acceptors (Lipinski definition) is 5. The molecule has 0 spiro atoms. The highest BCUT2D eigenvalue weighted by Gasteiger charge is 2.24. The number of rotatable bonds is 12. The summed E-state index contributed by atoms with van der Waals surface area (Å²) in [6.07, 6.45) is 5.10. The number of carboxylic acids is 2. The molecule has 0 saturated carbocycles. The van der Waals surface area contributed by atoms with E-state index in [1.54, 1.807) is 0 Å². The summed E-state index contributed by atoms with van der Waals surface area (Å²) in [4.78, 5) is 45.8. The average molecular weight is 388 g/mol. The maximum absolute atomic E-state index is 12.1. The number of hydrogen-bond donors (Lipinski definition) is 4. The van der Waals surface area contributed by atoms with Crippen LogP contribution in [0.3, 0.4) is 0 Å². The second kappa shape index (κ2) is 11.8. The van der Waals surface area contributed by atoms with Crippen molar-refractivity contribution in [2.24, 2.45) is 0 Å². The van der Waals surface area contributed by atoms with Gasteiger partial charge in [0.1, 0.15) is 12.1 Å². The Hall–Kier alpha value is -1.77. The highest BCUT2D eigenvalue weighted by atomic mass is 32.2. The summed E-state index contributed by atoms with van der Waals surface area (Å²) in [5.41, 5.74) is 0. The molecular formula is C17H28N2O6S. The van der Waals surface area contributed by atoms with Crippen molar-refractivity contribution >= 4 is 35.5 Å². The molecule has 0 aromatic carbocycles. The van der Waals surface area contributed by atoms with Crippen LogP contribution in [0.4, 0.5) is 0 Å². The summed E-state index contributed by atoms with van der Waals surface area (Å²) in [7, 11) is 0. The van der Waals surface area contributed by atoms with Crippen molar-refractivity contribution in [2.45, 2.75) is 75.6 Å². The third-order valence-electron chi connectivity index (χ3n) is 4.23. The van der Waals surface area contributed by atoms with Crippen molar-refractivity contribution in [3.8, 4) is 0 Å². The number of carbonyl (C=O) groups excluding carboxylic acids is 2. The molecule has 1 heterocycles. The Morgan fingerprint density at radius 2 is 1.85 bits per heavy atom. The molecule has 1 rings (SSSR count). The van der Waals surface area contributed by atoms with Crippen molar-refractivity contribution in [2.75, 3.05) is 5.75 Å². The van der Waals surface area contributed by atoms with Gasteiger partial charge in [-0.1, -0.05) is 6.42 Å². The van der Waals surface area contributed by atoms with E-state index in [-0.39, 0.29) is 25.2 Å². The van der Waals surface area contributed by atoms with Crippen LogP contribution in [0.2, 0.25) is 0 Å². The highest BCUT2D eigenvalue weighted by molar-refractivity contribution is 8.00. The quantitative estimate of drug-likeness (QED) is 0.371. The van der Waals surface area contributed by atoms with Gasteiger partial charge in [-0.05, 0) is 44.8 Å². The Kier molecular flexibility index (Phi) is 10.1. The van der Waals surface area contributed by atoms with Crippen LogP contribution in [0.5, 0.6) is 0 Å². The first-order valence-electron chi connectivity index (χ1n) is 8.95. The number of unbranched alkanes of at least 4 members (excludes halogenated alkanes) is 1. The summed E-state index contributed by atoms with van der Waals surface area (Å²) in [5, 5.41) is 23.1. The van der Waals surface area contributed by atoms with E-state index < -0.39 is 29.9 Å². The van der Waals surface area contributed by atoms with Gasteiger partial charge in [0, 0.05) is 18.1 Å². The van der Waals surface area contributed by atoms with Gasteiger partial charge in [0.15, 0.2) is 0 Å². The summed E-state index contributed by atoms with van der Waals surface area (Å²) in [6, 6.07) is -2.17. The molecule has 4 N–H and O–H groups in total. The predicted molar refractivity (Wildman–Crippen MR) is 98.0 cm³/mol. The van der Waals surface area contributed by atoms with Gasteiger partial charge >= 0.3 is 11.9 Å². The molecule has 8 nitrogen and oxygen atoms in total. The fourth-order valence-electron chi connectivity index (χ4n) is 2.71. The minimum atomic E-state index is -1.20. The van der Waals surface area contributed by atoms with Crippen molar-refractivity contribution in [1.29, 1.82) is 0 Å². The van der Waals surface area contributed by atoms with Crippen molar-refractivity contribution in [3.05, 3.63) is 0 Å². The smallest absolute Gasteiger partial charge is 0.325 e. The number of aliphatic carboxylic acids is 2. The molecule has 1 unspecified atom stereocenters. The largest absolute Gasteiger partial charge is 0.481 e. The Morgan fingerprint density at radius 1 is 1.12 bits per heavy atom. The van der Waals surface area contributed by atoms with Crippen molar-refractivity contribution < 1.29 is 29.4 Å². The molecule has 2 amide bonds. The van der Waals surface area contributed by atoms with E-state index in [0.29, 0.717) is 11.7 Å². The van der Waals surface area contributed by atoms with Gasteiger partial charge < -0.3 is 20.8 Å². The maximum Gasteiger partial charge on any atom is 0.325 e. The maximum atomic E-state index is 12.1. The van der Waals surface area contributed by atoms with Crippen LogP contribution < -0.4 is 10.6 Å². The molecule has 0 radical (unpaired) electrons. The standard InChI is InChI=1S/C17H28N2O6S/c1-11(17(24)25)18-16(23)13(8-9-15(21)22)19-14(20)7-3-2-5-12-6-4-10-26-12/h11-13H,2-10H2,1H3,(H,18,23)(H,19,20)(H,21,22)(H,24,25)/t11-,12+,13?/m0/s1. The molecule has 3 atom stereocenters. The summed E-state index contributed by atoms with van der Waals surface area (Å²) < 4.78 is 0. The number of carbonyl (C=O) groups is 4. The lowest BCUT2D eigenvalue weighted by molar-refractivity contribution is -0.142. The SMILES string of the molecule is C[C@H](NC(=O)C(CCC(=O)O)NC(=O)CCCC[C@@H]1CCCS1)C(=O)O. The third-order valence-corrected chi connectivity index (χ3v) is 5.70. The van der Waals surface area contributed by atoms with Gasteiger partial charge in [0.2, 0.25) is 11.8 Å². The summed E-state index contributed by atoms with van der Waals surface area (Å²) >= 11 is 1.98. The normalized spacial score (nSPS) is 18.7. The van der Waals surface area contributed by atoms with E-state index in [0.717, 1.165) is 12.8 Å². The lowest BCUT2D eigenvalue weighted by Crippen LogP contribution is -2.50. The molecular weight excluding hydrogens is 360 g/mol. The Balaban J connectivity index is 2.41. The molecule has 1 aliphatic heterocycles. The molecule has 1 fully saturated rings. The second-order valence-electron chi connectivity index (χ2n) is 6.50. The molecule has 0 bridgehead atoms. The van der Waals surface area contributed by atoms with Gasteiger partial charge in [0.05, 0.1) is 0 Å². The monoisotopic (exact) mass is 388 g/mol. The van der Waals surface area contributed by atoms with E-state index in [4.69, 9.17) is 10.2 Å². The number of thioether (sulfide) groups is 1. The van der Waals surface area contributed by atoms with Gasteiger partial charge in [-0.2, -0.15) is 11.8 Å². The fourth-order valence-corrected chi connectivity index (χ4v) is 4.04. The van der Waals surface area contributed by atoms with Crippen LogP contribution in [0.15, 0.2) is 0 Å². The summed E-state index contributed by atoms with van der Waals surface area (Å²) in [6.45, 7) is 1.30. The first kappa shape index (κ1) is 22.3. The zero-order valence-corrected chi connectivity index (χ0v) is 15.8. The summed E-state index contributed by atoms with van der Waals surface area (Å²) in [5.74, 6) is -2.08. The Bertz CT molecular complexity index is 507. The lowest BCUT2D eigenvalue weighted by Gasteiger charge is -2.19. The van der Waals surface area contributed by atoms with Crippen LogP contribution in [0, 0.1) is 0 Å². The topological polar surface area (TPSA) is 133 Å².